The van der Waals surface area contributed by atoms with Crippen LogP contribution in [0.2, 0.25) is 5.02 Å². The second-order valence-corrected chi connectivity index (χ2v) is 7.79. The highest BCUT2D eigenvalue weighted by atomic mass is 35.5. The first-order chi connectivity index (χ1) is 13.5. The molecule has 0 saturated carbocycles. The molecule has 2 aromatic rings. The Balaban J connectivity index is 1.36. The lowest BCUT2D eigenvalue weighted by Gasteiger charge is -2.39. The van der Waals surface area contributed by atoms with E-state index in [-0.39, 0.29) is 17.8 Å². The normalized spacial score (nSPS) is 23.2. The molecule has 2 atom stereocenters. The van der Waals surface area contributed by atoms with Gasteiger partial charge in [0, 0.05) is 55.5 Å². The molecule has 148 valence electrons. The number of carbonyl (C=O) groups is 1. The molecule has 0 spiro atoms. The number of amides is 1. The van der Waals surface area contributed by atoms with Crippen LogP contribution >= 0.6 is 11.6 Å². The fraction of sp³-hybridized carbons (Fsp3) is 0.381. The van der Waals surface area contributed by atoms with Crippen LogP contribution in [-0.4, -0.2) is 72.2 Å². The fourth-order valence-electron chi connectivity index (χ4n) is 4.03. The number of benzene rings is 2. The molecule has 7 heteroatoms. The first-order valence-corrected chi connectivity index (χ1v) is 9.86. The number of piperazine rings is 1. The van der Waals surface area contributed by atoms with E-state index in [1.54, 1.807) is 41.3 Å². The van der Waals surface area contributed by atoms with Gasteiger partial charge in [-0.2, -0.15) is 0 Å². The summed E-state index contributed by atoms with van der Waals surface area (Å²) in [4.78, 5) is 18.9. The van der Waals surface area contributed by atoms with Crippen molar-refractivity contribution in [3.8, 4) is 0 Å². The SMILES string of the molecule is O=C(c1ccc(Cl)cc1)N1C[C@@H](O)[C@H](N2CCN(c3ccc(F)cc3)CC2)C1. The molecular formula is C21H23ClFN3O2. The average molecular weight is 404 g/mol. The van der Waals surface area contributed by atoms with E-state index in [9.17, 15) is 14.3 Å². The number of anilines is 1. The number of hydrogen-bond donors (Lipinski definition) is 1. The highest BCUT2D eigenvalue weighted by Gasteiger charge is 2.38. The largest absolute Gasteiger partial charge is 0.390 e. The first-order valence-electron chi connectivity index (χ1n) is 9.49. The Bertz CT molecular complexity index is 823. The van der Waals surface area contributed by atoms with E-state index < -0.39 is 6.10 Å². The van der Waals surface area contributed by atoms with Crippen LogP contribution in [0.3, 0.4) is 0 Å². The molecule has 0 radical (unpaired) electrons. The van der Waals surface area contributed by atoms with Gasteiger partial charge < -0.3 is 14.9 Å². The zero-order chi connectivity index (χ0) is 19.7. The van der Waals surface area contributed by atoms with Gasteiger partial charge in [-0.25, -0.2) is 4.39 Å². The zero-order valence-corrected chi connectivity index (χ0v) is 16.2. The summed E-state index contributed by atoms with van der Waals surface area (Å²) in [5.74, 6) is -0.315. The molecule has 2 fully saturated rings. The lowest BCUT2D eigenvalue weighted by Crippen LogP contribution is -2.53. The summed E-state index contributed by atoms with van der Waals surface area (Å²) >= 11 is 5.89. The number of aliphatic hydroxyl groups is 1. The minimum atomic E-state index is -0.561. The van der Waals surface area contributed by atoms with Crippen molar-refractivity contribution in [1.29, 1.82) is 0 Å². The summed E-state index contributed by atoms with van der Waals surface area (Å²) in [5, 5.41) is 11.1. The molecule has 1 amide bonds. The predicted octanol–water partition coefficient (Wildman–Crippen LogP) is 2.49. The van der Waals surface area contributed by atoms with Gasteiger partial charge in [-0.3, -0.25) is 9.69 Å². The smallest absolute Gasteiger partial charge is 0.253 e. The number of nitrogens with zero attached hydrogens (tertiary/aromatic N) is 3. The molecule has 4 rings (SSSR count). The predicted molar refractivity (Wildman–Crippen MR) is 107 cm³/mol. The molecule has 0 unspecified atom stereocenters. The van der Waals surface area contributed by atoms with Crippen molar-refractivity contribution in [2.45, 2.75) is 12.1 Å². The quantitative estimate of drug-likeness (QED) is 0.855. The van der Waals surface area contributed by atoms with Gasteiger partial charge in [0.25, 0.3) is 5.91 Å². The van der Waals surface area contributed by atoms with Crippen molar-refractivity contribution in [3.05, 3.63) is 64.9 Å². The topological polar surface area (TPSA) is 47.0 Å². The van der Waals surface area contributed by atoms with Gasteiger partial charge in [0.2, 0.25) is 0 Å². The average Bonchev–Trinajstić information content (AvgIpc) is 3.10. The minimum Gasteiger partial charge on any atom is -0.390 e. The lowest BCUT2D eigenvalue weighted by molar-refractivity contribution is 0.0754. The Morgan fingerprint density at radius 2 is 1.61 bits per heavy atom. The van der Waals surface area contributed by atoms with E-state index in [2.05, 4.69) is 9.80 Å². The number of likely N-dealkylation sites (tertiary alicyclic amines) is 1. The van der Waals surface area contributed by atoms with E-state index in [0.717, 1.165) is 31.9 Å². The monoisotopic (exact) mass is 403 g/mol. The summed E-state index contributed by atoms with van der Waals surface area (Å²) in [5.41, 5.74) is 1.59. The molecule has 0 bridgehead atoms. The minimum absolute atomic E-state index is 0.0633. The van der Waals surface area contributed by atoms with Crippen molar-refractivity contribution in [1.82, 2.24) is 9.80 Å². The second kappa shape index (κ2) is 8.07. The van der Waals surface area contributed by atoms with E-state index in [1.165, 1.54) is 12.1 Å². The molecule has 2 aromatic carbocycles. The van der Waals surface area contributed by atoms with Crippen LogP contribution in [-0.2, 0) is 0 Å². The lowest BCUT2D eigenvalue weighted by atomic mass is 10.1. The zero-order valence-electron chi connectivity index (χ0n) is 15.5. The fourth-order valence-corrected chi connectivity index (χ4v) is 4.16. The highest BCUT2D eigenvalue weighted by Crippen LogP contribution is 2.23. The third kappa shape index (κ3) is 3.99. The van der Waals surface area contributed by atoms with Gasteiger partial charge in [-0.15, -0.1) is 0 Å². The number of halogens is 2. The van der Waals surface area contributed by atoms with E-state index in [0.29, 0.717) is 23.7 Å². The summed E-state index contributed by atoms with van der Waals surface area (Å²) in [6.07, 6.45) is -0.561. The number of aliphatic hydroxyl groups excluding tert-OH is 1. The van der Waals surface area contributed by atoms with Crippen molar-refractivity contribution in [2.75, 3.05) is 44.2 Å². The van der Waals surface area contributed by atoms with E-state index in [4.69, 9.17) is 11.6 Å². The van der Waals surface area contributed by atoms with Crippen LogP contribution in [0.5, 0.6) is 0 Å². The van der Waals surface area contributed by atoms with E-state index >= 15 is 0 Å². The molecule has 2 saturated heterocycles. The number of β-amino-alcohol motifs (C(OH)–C–C–N with tert-alkyl or cyclic N) is 1. The van der Waals surface area contributed by atoms with Crippen molar-refractivity contribution < 1.29 is 14.3 Å². The molecule has 2 aliphatic heterocycles. The molecule has 0 aliphatic carbocycles. The highest BCUT2D eigenvalue weighted by molar-refractivity contribution is 6.30. The Hall–Kier alpha value is -2.15. The molecule has 2 aliphatic rings. The third-order valence-corrected chi connectivity index (χ3v) is 5.86. The molecule has 0 aromatic heterocycles. The van der Waals surface area contributed by atoms with Crippen LogP contribution in [0.1, 0.15) is 10.4 Å². The summed E-state index contributed by atoms with van der Waals surface area (Å²) in [7, 11) is 0. The maximum Gasteiger partial charge on any atom is 0.253 e. The van der Waals surface area contributed by atoms with Crippen LogP contribution < -0.4 is 4.90 Å². The Morgan fingerprint density at radius 3 is 2.25 bits per heavy atom. The molecule has 28 heavy (non-hydrogen) atoms. The second-order valence-electron chi connectivity index (χ2n) is 7.35. The number of rotatable bonds is 3. The Labute approximate surface area is 168 Å². The van der Waals surface area contributed by atoms with Crippen molar-refractivity contribution in [2.24, 2.45) is 0 Å². The van der Waals surface area contributed by atoms with Crippen molar-refractivity contribution in [3.63, 3.8) is 0 Å². The molecular weight excluding hydrogens is 381 g/mol. The molecule has 1 N–H and O–H groups in total. The standard InChI is InChI=1S/C21H23ClFN3O2/c22-16-3-1-15(2-4-16)21(28)26-13-19(20(27)14-26)25-11-9-24(10-12-25)18-7-5-17(23)6-8-18/h1-8,19-20,27H,9-14H2/t19-,20-/m1/s1. The van der Waals surface area contributed by atoms with Gasteiger partial charge >= 0.3 is 0 Å². The number of hydrogen-bond acceptors (Lipinski definition) is 4. The van der Waals surface area contributed by atoms with Crippen LogP contribution in [0.15, 0.2) is 48.5 Å². The van der Waals surface area contributed by atoms with Crippen molar-refractivity contribution >= 4 is 23.2 Å². The summed E-state index contributed by atoms with van der Waals surface area (Å²) in [6, 6.07) is 13.3. The molecule has 2 heterocycles. The summed E-state index contributed by atoms with van der Waals surface area (Å²) in [6.45, 7) is 4.05. The van der Waals surface area contributed by atoms with Crippen LogP contribution in [0.25, 0.3) is 0 Å². The Morgan fingerprint density at radius 1 is 0.964 bits per heavy atom. The maximum absolute atomic E-state index is 13.1. The number of carbonyl (C=O) groups excluding carboxylic acids is 1. The van der Waals surface area contributed by atoms with Gasteiger partial charge in [0.15, 0.2) is 0 Å². The third-order valence-electron chi connectivity index (χ3n) is 5.61. The molecule has 5 nitrogen and oxygen atoms in total. The maximum atomic E-state index is 13.1. The van der Waals surface area contributed by atoms with Crippen LogP contribution in [0, 0.1) is 5.82 Å². The van der Waals surface area contributed by atoms with Gasteiger partial charge in [0.05, 0.1) is 12.1 Å². The van der Waals surface area contributed by atoms with Crippen LogP contribution in [0.4, 0.5) is 10.1 Å². The van der Waals surface area contributed by atoms with Gasteiger partial charge in [0.1, 0.15) is 5.82 Å². The summed E-state index contributed by atoms with van der Waals surface area (Å²) < 4.78 is 13.1. The van der Waals surface area contributed by atoms with E-state index in [1.807, 2.05) is 0 Å². The Kier molecular flexibility index (Phi) is 5.53. The van der Waals surface area contributed by atoms with Gasteiger partial charge in [-0.1, -0.05) is 11.6 Å². The first kappa shape index (κ1) is 19.2. The van der Waals surface area contributed by atoms with Gasteiger partial charge in [-0.05, 0) is 48.5 Å².